The third-order valence-electron chi connectivity index (χ3n) is 4.17. The molecule has 88 valence electrons. The minimum absolute atomic E-state index is 0.265. The zero-order valence-electron chi connectivity index (χ0n) is 9.86. The second-order valence-corrected chi connectivity index (χ2v) is 5.51. The molecule has 2 aliphatic rings. The number of ether oxygens (including phenoxy) is 1. The minimum atomic E-state index is 0.265. The molecule has 1 aromatic rings. The van der Waals surface area contributed by atoms with Crippen molar-refractivity contribution in [2.45, 2.75) is 39.0 Å². The highest BCUT2D eigenvalue weighted by Gasteiger charge is 2.58. The zero-order valence-corrected chi connectivity index (χ0v) is 9.86. The molecular weight excluding hydrogens is 202 g/mol. The van der Waals surface area contributed by atoms with Gasteiger partial charge in [0.1, 0.15) is 0 Å². The summed E-state index contributed by atoms with van der Waals surface area (Å²) in [6.45, 7) is 6.40. The van der Waals surface area contributed by atoms with Gasteiger partial charge in [-0.15, -0.1) is 0 Å². The Labute approximate surface area is 95.8 Å². The number of hydrogen-bond donors (Lipinski definition) is 2. The molecule has 0 bridgehead atoms. The van der Waals surface area contributed by atoms with Gasteiger partial charge in [0.25, 0.3) is 0 Å². The van der Waals surface area contributed by atoms with Crippen molar-refractivity contribution < 1.29 is 4.74 Å². The van der Waals surface area contributed by atoms with Crippen molar-refractivity contribution in [3.05, 3.63) is 18.0 Å². The van der Waals surface area contributed by atoms with Gasteiger partial charge in [-0.1, -0.05) is 13.8 Å². The third kappa shape index (κ3) is 1.40. The molecule has 0 amide bonds. The first kappa shape index (κ1) is 10.3. The third-order valence-corrected chi connectivity index (χ3v) is 4.17. The molecule has 1 aromatic heterocycles. The highest BCUT2D eigenvalue weighted by atomic mass is 16.5. The van der Waals surface area contributed by atoms with E-state index in [0.29, 0.717) is 18.1 Å². The lowest BCUT2D eigenvalue weighted by Gasteiger charge is -2.54. The molecule has 0 radical (unpaired) electrons. The summed E-state index contributed by atoms with van der Waals surface area (Å²) >= 11 is 0. The van der Waals surface area contributed by atoms with Crippen molar-refractivity contribution in [2.24, 2.45) is 11.3 Å². The van der Waals surface area contributed by atoms with Crippen molar-refractivity contribution >= 4 is 0 Å². The van der Waals surface area contributed by atoms with Gasteiger partial charge in [-0.05, 0) is 12.5 Å². The molecule has 2 heterocycles. The molecule has 16 heavy (non-hydrogen) atoms. The van der Waals surface area contributed by atoms with Gasteiger partial charge in [0.15, 0.2) is 0 Å². The van der Waals surface area contributed by atoms with Gasteiger partial charge in [0, 0.05) is 42.4 Å². The predicted molar refractivity (Wildman–Crippen MR) is 60.8 cm³/mol. The summed E-state index contributed by atoms with van der Waals surface area (Å²) in [6.07, 6.45) is 3.46. The molecule has 1 aliphatic heterocycles. The summed E-state index contributed by atoms with van der Waals surface area (Å²) in [6, 6.07) is 2.59. The van der Waals surface area contributed by atoms with Crippen LogP contribution in [0.4, 0.5) is 0 Å². The van der Waals surface area contributed by atoms with Gasteiger partial charge in [-0.3, -0.25) is 5.10 Å². The Bertz CT molecular complexity index is 360. The highest BCUT2D eigenvalue weighted by molar-refractivity contribution is 5.12. The van der Waals surface area contributed by atoms with E-state index in [2.05, 4.69) is 29.4 Å². The normalized spacial score (nSPS) is 35.8. The highest BCUT2D eigenvalue weighted by Crippen LogP contribution is 2.52. The Morgan fingerprint density at radius 1 is 1.62 bits per heavy atom. The number of nitrogens with one attached hydrogen (secondary N) is 2. The predicted octanol–water partition coefficient (Wildman–Crippen LogP) is 1.31. The molecule has 2 N–H and O–H groups in total. The Morgan fingerprint density at radius 3 is 3.25 bits per heavy atom. The summed E-state index contributed by atoms with van der Waals surface area (Å²) in [7, 11) is 0. The Hall–Kier alpha value is -0.870. The molecule has 3 atom stereocenters. The van der Waals surface area contributed by atoms with Gasteiger partial charge in [0.2, 0.25) is 0 Å². The van der Waals surface area contributed by atoms with E-state index in [4.69, 9.17) is 4.74 Å². The fraction of sp³-hybridized carbons (Fsp3) is 0.750. The van der Waals surface area contributed by atoms with E-state index in [1.54, 1.807) is 6.20 Å². The van der Waals surface area contributed by atoms with Crippen LogP contribution in [0, 0.1) is 11.3 Å². The molecule has 1 aliphatic carbocycles. The minimum Gasteiger partial charge on any atom is -0.377 e. The van der Waals surface area contributed by atoms with E-state index in [9.17, 15) is 0 Å². The number of hydrogen-bond acceptors (Lipinski definition) is 3. The number of aromatic amines is 1. The molecular formula is C12H19N3O. The quantitative estimate of drug-likeness (QED) is 0.809. The number of nitrogens with zero attached hydrogens (tertiary/aromatic N) is 1. The molecule has 4 heteroatoms. The standard InChI is InChI=1S/C12H19N3O/c1-12(2)10(9-4-6-16-11(9)12)13-7-8-3-5-14-15-8/h3,5,9-11,13H,4,6-7H2,1-2H3,(H,14,15). The molecule has 0 spiro atoms. The lowest BCUT2D eigenvalue weighted by atomic mass is 9.57. The number of aromatic nitrogens is 2. The fourth-order valence-corrected chi connectivity index (χ4v) is 3.34. The largest absolute Gasteiger partial charge is 0.377 e. The Balaban J connectivity index is 1.63. The monoisotopic (exact) mass is 221 g/mol. The molecule has 3 rings (SSSR count). The number of H-pyrrole nitrogens is 1. The van der Waals surface area contributed by atoms with Crippen LogP contribution < -0.4 is 5.32 Å². The van der Waals surface area contributed by atoms with Crippen molar-refractivity contribution in [1.82, 2.24) is 15.5 Å². The van der Waals surface area contributed by atoms with E-state index >= 15 is 0 Å². The average molecular weight is 221 g/mol. The van der Waals surface area contributed by atoms with Crippen LogP contribution in [0.25, 0.3) is 0 Å². The maximum atomic E-state index is 5.77. The maximum absolute atomic E-state index is 5.77. The van der Waals surface area contributed by atoms with Gasteiger partial charge >= 0.3 is 0 Å². The van der Waals surface area contributed by atoms with Crippen molar-refractivity contribution in [3.8, 4) is 0 Å². The van der Waals surface area contributed by atoms with Crippen LogP contribution in [0.1, 0.15) is 26.0 Å². The zero-order chi connectivity index (χ0) is 11.2. The van der Waals surface area contributed by atoms with Gasteiger partial charge in [0.05, 0.1) is 6.10 Å². The van der Waals surface area contributed by atoms with E-state index in [1.807, 2.05) is 6.07 Å². The molecule has 2 fully saturated rings. The summed E-state index contributed by atoms with van der Waals surface area (Å²) < 4.78 is 5.77. The second kappa shape index (κ2) is 3.57. The Kier molecular flexibility index (Phi) is 2.30. The summed E-state index contributed by atoms with van der Waals surface area (Å²) in [5, 5.41) is 10.6. The average Bonchev–Trinajstić information content (AvgIpc) is 2.86. The summed E-state index contributed by atoms with van der Waals surface area (Å²) in [4.78, 5) is 0. The van der Waals surface area contributed by atoms with Crippen LogP contribution in [-0.4, -0.2) is 29.0 Å². The van der Waals surface area contributed by atoms with Crippen LogP contribution in [0.5, 0.6) is 0 Å². The SMILES string of the molecule is CC1(C)C(NCc2ccn[nH]2)C2CCOC21. The summed E-state index contributed by atoms with van der Waals surface area (Å²) in [5.74, 6) is 0.706. The van der Waals surface area contributed by atoms with Crippen molar-refractivity contribution in [3.63, 3.8) is 0 Å². The first-order valence-electron chi connectivity index (χ1n) is 6.03. The topological polar surface area (TPSA) is 49.9 Å². The molecule has 4 nitrogen and oxygen atoms in total. The first-order valence-corrected chi connectivity index (χ1v) is 6.03. The Morgan fingerprint density at radius 2 is 2.50 bits per heavy atom. The van der Waals surface area contributed by atoms with E-state index in [1.165, 1.54) is 6.42 Å². The van der Waals surface area contributed by atoms with E-state index < -0.39 is 0 Å². The smallest absolute Gasteiger partial charge is 0.0685 e. The second-order valence-electron chi connectivity index (χ2n) is 5.51. The van der Waals surface area contributed by atoms with Crippen LogP contribution in [0.15, 0.2) is 12.3 Å². The van der Waals surface area contributed by atoms with Crippen molar-refractivity contribution in [1.29, 1.82) is 0 Å². The van der Waals surface area contributed by atoms with Crippen LogP contribution in [0.2, 0.25) is 0 Å². The van der Waals surface area contributed by atoms with E-state index in [-0.39, 0.29) is 5.41 Å². The van der Waals surface area contributed by atoms with E-state index in [0.717, 1.165) is 18.8 Å². The molecule has 3 unspecified atom stereocenters. The fourth-order valence-electron chi connectivity index (χ4n) is 3.34. The molecule has 1 saturated heterocycles. The number of rotatable bonds is 3. The van der Waals surface area contributed by atoms with Gasteiger partial charge in [-0.2, -0.15) is 5.10 Å². The summed E-state index contributed by atoms with van der Waals surface area (Å²) in [5.41, 5.74) is 1.42. The lowest BCUT2D eigenvalue weighted by Crippen LogP contribution is -2.65. The van der Waals surface area contributed by atoms with Crippen LogP contribution in [0.3, 0.4) is 0 Å². The van der Waals surface area contributed by atoms with Crippen LogP contribution >= 0.6 is 0 Å². The molecule has 0 aromatic carbocycles. The first-order chi connectivity index (χ1) is 7.69. The van der Waals surface area contributed by atoms with Crippen molar-refractivity contribution in [2.75, 3.05) is 6.61 Å². The maximum Gasteiger partial charge on any atom is 0.0685 e. The van der Waals surface area contributed by atoms with Gasteiger partial charge < -0.3 is 10.1 Å². The molecule has 1 saturated carbocycles. The van der Waals surface area contributed by atoms with Gasteiger partial charge in [-0.25, -0.2) is 0 Å². The van der Waals surface area contributed by atoms with Crippen LogP contribution in [-0.2, 0) is 11.3 Å². The number of fused-ring (bicyclic) bond motifs is 1. The lowest BCUT2D eigenvalue weighted by molar-refractivity contribution is -0.113.